The summed E-state index contributed by atoms with van der Waals surface area (Å²) >= 11 is 0. The molecule has 0 aliphatic carbocycles. The minimum Gasteiger partial charge on any atom is -0.462 e. The van der Waals surface area contributed by atoms with Crippen molar-refractivity contribution in [3.63, 3.8) is 0 Å². The molecule has 16 nitrogen and oxygen atoms in total. The normalized spacial score (nSPS) is 11.3. The fraction of sp³-hybridized carbons (Fsp3) is 0.676. The lowest BCUT2D eigenvalue weighted by Crippen LogP contribution is -2.54. The second-order valence-corrected chi connectivity index (χ2v) is 12.6. The van der Waals surface area contributed by atoms with Crippen LogP contribution in [0.25, 0.3) is 0 Å². The van der Waals surface area contributed by atoms with Gasteiger partial charge in [-0.3, -0.25) is 4.79 Å². The van der Waals surface area contributed by atoms with Crippen LogP contribution < -0.4 is 22.4 Å². The van der Waals surface area contributed by atoms with Gasteiger partial charge in [-0.05, 0) is 45.4 Å². The van der Waals surface area contributed by atoms with Crippen LogP contribution in [0.5, 0.6) is 0 Å². The Balaban J connectivity index is 2.68. The molecule has 0 bridgehead atoms. The zero-order chi connectivity index (χ0) is 39.4. The summed E-state index contributed by atoms with van der Waals surface area (Å²) < 4.78 is 22.9. The number of aromatic nitrogens is 3. The highest BCUT2D eigenvalue weighted by molar-refractivity contribution is 5.81. The Hall–Kier alpha value is -4.76. The number of carbonyl (C=O) groups excluding carboxylic acids is 5. The molecule has 53 heavy (non-hydrogen) atoms. The molecule has 0 aromatic carbocycles. The van der Waals surface area contributed by atoms with Crippen LogP contribution in [0.15, 0.2) is 39.7 Å². The van der Waals surface area contributed by atoms with Crippen LogP contribution in [-0.2, 0) is 57.8 Å². The number of rotatable bonds is 30. The van der Waals surface area contributed by atoms with E-state index in [1.807, 2.05) is 0 Å². The van der Waals surface area contributed by atoms with Crippen LogP contribution in [0.4, 0.5) is 4.79 Å². The first-order chi connectivity index (χ1) is 25.4. The third-order valence-corrected chi connectivity index (χ3v) is 8.12. The van der Waals surface area contributed by atoms with Gasteiger partial charge in [0.05, 0.1) is 0 Å². The summed E-state index contributed by atoms with van der Waals surface area (Å²) in [6.07, 6.45) is 10.7. The van der Waals surface area contributed by atoms with E-state index in [1.165, 1.54) is 6.92 Å². The highest BCUT2D eigenvalue weighted by Gasteiger charge is 2.16. The molecule has 298 valence electrons. The molecule has 1 rings (SSSR count). The summed E-state index contributed by atoms with van der Waals surface area (Å²) in [5.74, 6) is -1.53. The van der Waals surface area contributed by atoms with Crippen LogP contribution in [0.2, 0.25) is 0 Å². The minimum absolute atomic E-state index is 0.0257. The van der Waals surface area contributed by atoms with Crippen molar-refractivity contribution in [2.75, 3.05) is 19.8 Å². The van der Waals surface area contributed by atoms with Crippen LogP contribution >= 0.6 is 0 Å². The lowest BCUT2D eigenvalue weighted by atomic mass is 10.1. The zero-order valence-corrected chi connectivity index (χ0v) is 31.4. The minimum atomic E-state index is -1.07. The number of ether oxygens (including phenoxy) is 4. The molecule has 0 aliphatic rings. The van der Waals surface area contributed by atoms with E-state index < -0.39 is 41.4 Å². The maximum atomic E-state index is 13.4. The SMILES string of the molecule is C=CC(=O)OCCOC(=O)CCCCCCCn1c(=O)n(CCCCCCCC(C)=O)c(=O)n(CCCCCCNC(=O)OC(C)OC(=O)C=C)c1=O. The van der Waals surface area contributed by atoms with Crippen molar-refractivity contribution in [1.82, 2.24) is 19.0 Å². The standard InChI is InChI=1S/C37H58N4O12/c1-5-31(43)50-27-28-51-33(45)22-16-10-8-13-19-25-40-35(47)39(24-18-12-7-9-15-21-29(3)42)36(48)41(37(40)49)26-20-14-11-17-23-38-34(46)53-30(4)52-32(44)6-2/h5-6,30H,1-2,7-28H2,3-4H3,(H,38,46). The molecule has 1 N–H and O–H groups in total. The molecule has 0 spiro atoms. The van der Waals surface area contributed by atoms with E-state index in [4.69, 9.17) is 18.9 Å². The summed E-state index contributed by atoms with van der Waals surface area (Å²) in [4.78, 5) is 97.2. The summed E-state index contributed by atoms with van der Waals surface area (Å²) in [6.45, 7) is 10.3. The van der Waals surface area contributed by atoms with Crippen LogP contribution in [0.1, 0.15) is 117 Å². The van der Waals surface area contributed by atoms with E-state index >= 15 is 0 Å². The molecule has 1 atom stereocenters. The van der Waals surface area contributed by atoms with Gasteiger partial charge in [-0.2, -0.15) is 0 Å². The molecule has 0 fully saturated rings. The third-order valence-electron chi connectivity index (χ3n) is 8.12. The van der Waals surface area contributed by atoms with Gasteiger partial charge in [0.25, 0.3) is 0 Å². The van der Waals surface area contributed by atoms with Gasteiger partial charge in [0.1, 0.15) is 19.0 Å². The smallest absolute Gasteiger partial charge is 0.410 e. The van der Waals surface area contributed by atoms with Crippen molar-refractivity contribution >= 4 is 29.8 Å². The summed E-state index contributed by atoms with van der Waals surface area (Å²) in [7, 11) is 0. The van der Waals surface area contributed by atoms with E-state index in [2.05, 4.69) is 18.5 Å². The van der Waals surface area contributed by atoms with Crippen molar-refractivity contribution in [1.29, 1.82) is 0 Å². The maximum Gasteiger partial charge on any atom is 0.410 e. The Morgan fingerprint density at radius 2 is 1.04 bits per heavy atom. The molecule has 1 unspecified atom stereocenters. The van der Waals surface area contributed by atoms with Crippen molar-refractivity contribution < 1.29 is 42.9 Å². The van der Waals surface area contributed by atoms with Crippen LogP contribution in [0.3, 0.4) is 0 Å². The fourth-order valence-corrected chi connectivity index (χ4v) is 5.30. The van der Waals surface area contributed by atoms with Gasteiger partial charge < -0.3 is 29.1 Å². The number of Topliss-reactive ketones (excluding diaryl/α,β-unsaturated/α-hetero) is 1. The predicted molar refractivity (Wildman–Crippen MR) is 196 cm³/mol. The Bertz CT molecular complexity index is 1510. The summed E-state index contributed by atoms with van der Waals surface area (Å²) in [6, 6.07) is 0. The first kappa shape index (κ1) is 46.3. The topological polar surface area (TPSA) is 200 Å². The second-order valence-electron chi connectivity index (χ2n) is 12.6. The number of amides is 1. The van der Waals surface area contributed by atoms with Gasteiger partial charge in [-0.15, -0.1) is 0 Å². The predicted octanol–water partition coefficient (Wildman–Crippen LogP) is 4.08. The molecule has 0 saturated heterocycles. The van der Waals surface area contributed by atoms with Crippen LogP contribution in [-0.4, -0.2) is 69.5 Å². The lowest BCUT2D eigenvalue weighted by molar-refractivity contribution is -0.158. The number of ketones is 1. The monoisotopic (exact) mass is 750 g/mol. The molecule has 1 aromatic heterocycles. The largest absolute Gasteiger partial charge is 0.462 e. The summed E-state index contributed by atoms with van der Waals surface area (Å²) in [5, 5.41) is 2.57. The molecule has 1 amide bonds. The maximum absolute atomic E-state index is 13.4. The summed E-state index contributed by atoms with van der Waals surface area (Å²) in [5.41, 5.74) is -1.90. The van der Waals surface area contributed by atoms with Gasteiger partial charge in [0, 0.05) is 58.1 Å². The highest BCUT2D eigenvalue weighted by Crippen LogP contribution is 2.08. The first-order valence-electron chi connectivity index (χ1n) is 18.6. The number of hydrogen-bond donors (Lipinski definition) is 1. The van der Waals surface area contributed by atoms with Gasteiger partial charge >= 0.3 is 41.1 Å². The van der Waals surface area contributed by atoms with Gasteiger partial charge in [0.15, 0.2) is 0 Å². The number of nitrogens with zero attached hydrogens (tertiary/aromatic N) is 3. The molecule has 1 aromatic rings. The number of alkyl carbamates (subject to hydrolysis) is 1. The van der Waals surface area contributed by atoms with E-state index in [1.54, 1.807) is 6.92 Å². The number of esters is 3. The molecule has 0 aliphatic heterocycles. The van der Waals surface area contributed by atoms with Crippen molar-refractivity contribution in [2.24, 2.45) is 0 Å². The first-order valence-corrected chi connectivity index (χ1v) is 18.6. The van der Waals surface area contributed by atoms with E-state index in [-0.39, 0.29) is 51.0 Å². The van der Waals surface area contributed by atoms with Gasteiger partial charge in [0.2, 0.25) is 6.29 Å². The molecule has 1 heterocycles. The Morgan fingerprint density at radius 3 is 1.53 bits per heavy atom. The number of nitrogens with one attached hydrogen (secondary N) is 1. The third kappa shape index (κ3) is 20.8. The molecular formula is C37H58N4O12. The molecule has 16 heteroatoms. The Morgan fingerprint density at radius 1 is 0.604 bits per heavy atom. The quantitative estimate of drug-likeness (QED) is 0.0389. The molecule has 0 saturated carbocycles. The van der Waals surface area contributed by atoms with E-state index in [0.29, 0.717) is 64.3 Å². The van der Waals surface area contributed by atoms with Gasteiger partial charge in [-0.25, -0.2) is 42.5 Å². The van der Waals surface area contributed by atoms with Crippen molar-refractivity contribution in [2.45, 2.75) is 143 Å². The number of hydrogen-bond acceptors (Lipinski definition) is 12. The van der Waals surface area contributed by atoms with Crippen molar-refractivity contribution in [3.8, 4) is 0 Å². The average molecular weight is 751 g/mol. The average Bonchev–Trinajstić information content (AvgIpc) is 3.11. The lowest BCUT2D eigenvalue weighted by Gasteiger charge is -2.14. The van der Waals surface area contributed by atoms with Crippen molar-refractivity contribution in [3.05, 3.63) is 56.8 Å². The number of carbonyl (C=O) groups is 5. The Kier molecular flexibility index (Phi) is 24.3. The number of unbranched alkanes of at least 4 members (excludes halogenated alkanes) is 11. The van der Waals surface area contributed by atoms with E-state index in [0.717, 1.165) is 64.4 Å². The van der Waals surface area contributed by atoms with Crippen LogP contribution in [0, 0.1) is 0 Å². The Labute approximate surface area is 310 Å². The van der Waals surface area contributed by atoms with E-state index in [9.17, 15) is 38.4 Å². The second kappa shape index (κ2) is 27.8. The zero-order valence-electron chi connectivity index (χ0n) is 31.4. The molecule has 0 radical (unpaired) electrons. The highest BCUT2D eigenvalue weighted by atomic mass is 16.7. The fourth-order valence-electron chi connectivity index (χ4n) is 5.30. The van der Waals surface area contributed by atoms with Gasteiger partial charge in [-0.1, -0.05) is 64.5 Å². The molecular weight excluding hydrogens is 692 g/mol.